The summed E-state index contributed by atoms with van der Waals surface area (Å²) in [5.41, 5.74) is 7.91. The minimum absolute atomic E-state index is 0.139. The molecule has 7 nitrogen and oxygen atoms in total. The zero-order valence-corrected chi connectivity index (χ0v) is 18.9. The average Bonchev–Trinajstić information content (AvgIpc) is 2.65. The lowest BCUT2D eigenvalue weighted by Gasteiger charge is -2.18. The number of rotatable bonds is 15. The van der Waals surface area contributed by atoms with Crippen molar-refractivity contribution in [3.05, 3.63) is 23.3 Å². The molecule has 0 aliphatic rings. The summed E-state index contributed by atoms with van der Waals surface area (Å²) in [6, 6.07) is 3.42. The molecule has 168 valence electrons. The highest BCUT2D eigenvalue weighted by Crippen LogP contribution is 2.41. The quantitative estimate of drug-likeness (QED) is 0.245. The van der Waals surface area contributed by atoms with Crippen LogP contribution in [0.15, 0.2) is 12.1 Å². The standard InChI is InChI=1S/C21H38NO6P/c1-4-5-6-7-8-9-12-28-21-16(2)13-17(14-19(21)27-3)10-11-18(22)15-20(23)29(24,25)26/h13-14,18,20,23H,4-12,15,22H2,1-3H3,(H2,24,25,26)/t18-,20?/m0/s1. The van der Waals surface area contributed by atoms with E-state index >= 15 is 0 Å². The van der Waals surface area contributed by atoms with Gasteiger partial charge in [-0.25, -0.2) is 0 Å². The monoisotopic (exact) mass is 431 g/mol. The summed E-state index contributed by atoms with van der Waals surface area (Å²) < 4.78 is 22.5. The van der Waals surface area contributed by atoms with Crippen LogP contribution in [0, 0.1) is 6.92 Å². The lowest BCUT2D eigenvalue weighted by Crippen LogP contribution is -2.26. The molecule has 0 heterocycles. The Labute approximate surface area is 174 Å². The van der Waals surface area contributed by atoms with E-state index in [0.29, 0.717) is 25.2 Å². The van der Waals surface area contributed by atoms with Gasteiger partial charge in [0.15, 0.2) is 17.3 Å². The maximum atomic E-state index is 11.0. The Morgan fingerprint density at radius 2 is 1.79 bits per heavy atom. The Bertz CT molecular complexity index is 648. The summed E-state index contributed by atoms with van der Waals surface area (Å²) in [4.78, 5) is 17.9. The highest BCUT2D eigenvalue weighted by atomic mass is 31.2. The molecule has 0 saturated carbocycles. The first-order chi connectivity index (χ1) is 13.7. The third-order valence-corrected chi connectivity index (χ3v) is 5.96. The van der Waals surface area contributed by atoms with Crippen LogP contribution in [-0.2, 0) is 11.0 Å². The van der Waals surface area contributed by atoms with Gasteiger partial charge in [-0.3, -0.25) is 4.57 Å². The van der Waals surface area contributed by atoms with E-state index < -0.39 is 19.5 Å². The molecule has 1 rings (SSSR count). The van der Waals surface area contributed by atoms with Crippen molar-refractivity contribution < 1.29 is 28.9 Å². The van der Waals surface area contributed by atoms with E-state index in [0.717, 1.165) is 29.7 Å². The number of aliphatic hydroxyl groups is 1. The predicted octanol–water partition coefficient (Wildman–Crippen LogP) is 3.89. The Kier molecular flexibility index (Phi) is 11.8. The van der Waals surface area contributed by atoms with Gasteiger partial charge in [-0.15, -0.1) is 0 Å². The van der Waals surface area contributed by atoms with Crippen molar-refractivity contribution in [1.82, 2.24) is 0 Å². The second-order valence-electron chi connectivity index (χ2n) is 7.66. The van der Waals surface area contributed by atoms with Crippen molar-refractivity contribution in [3.8, 4) is 11.5 Å². The lowest BCUT2D eigenvalue weighted by molar-refractivity contribution is 0.184. The molecule has 8 heteroatoms. The molecule has 0 aromatic heterocycles. The van der Waals surface area contributed by atoms with Gasteiger partial charge >= 0.3 is 7.60 Å². The van der Waals surface area contributed by atoms with Crippen LogP contribution >= 0.6 is 7.60 Å². The van der Waals surface area contributed by atoms with E-state index in [9.17, 15) is 9.67 Å². The third kappa shape index (κ3) is 9.96. The Balaban J connectivity index is 2.56. The van der Waals surface area contributed by atoms with Gasteiger partial charge in [0.05, 0.1) is 13.7 Å². The van der Waals surface area contributed by atoms with Gasteiger partial charge in [0.25, 0.3) is 0 Å². The summed E-state index contributed by atoms with van der Waals surface area (Å²) in [6.07, 6.45) is 8.21. The lowest BCUT2D eigenvalue weighted by atomic mass is 10.0. The van der Waals surface area contributed by atoms with Gasteiger partial charge in [0.1, 0.15) is 0 Å². The normalized spacial score (nSPS) is 13.9. The summed E-state index contributed by atoms with van der Waals surface area (Å²) in [5, 5.41) is 9.50. The number of ether oxygens (including phenoxy) is 2. The fourth-order valence-electron chi connectivity index (χ4n) is 3.23. The zero-order valence-electron chi connectivity index (χ0n) is 18.0. The first-order valence-corrected chi connectivity index (χ1v) is 12.2. The van der Waals surface area contributed by atoms with E-state index in [-0.39, 0.29) is 6.42 Å². The average molecular weight is 432 g/mol. The van der Waals surface area contributed by atoms with Crippen LogP contribution in [0.5, 0.6) is 11.5 Å². The maximum Gasteiger partial charge on any atom is 0.353 e. The molecule has 0 bridgehead atoms. The molecule has 1 aromatic carbocycles. The third-order valence-electron chi connectivity index (χ3n) is 4.97. The van der Waals surface area contributed by atoms with Gasteiger partial charge in [-0.05, 0) is 43.4 Å². The first-order valence-electron chi connectivity index (χ1n) is 10.5. The van der Waals surface area contributed by atoms with Crippen LogP contribution in [-0.4, -0.2) is 40.5 Å². The van der Waals surface area contributed by atoms with Gasteiger partial charge in [-0.1, -0.05) is 45.1 Å². The Morgan fingerprint density at radius 1 is 1.14 bits per heavy atom. The van der Waals surface area contributed by atoms with E-state index in [4.69, 9.17) is 25.0 Å². The van der Waals surface area contributed by atoms with Crippen LogP contribution in [0.25, 0.3) is 0 Å². The summed E-state index contributed by atoms with van der Waals surface area (Å²) in [5.74, 6) is -0.285. The van der Waals surface area contributed by atoms with Crippen molar-refractivity contribution >= 4 is 7.60 Å². The molecule has 0 saturated heterocycles. The Morgan fingerprint density at radius 3 is 2.41 bits per heavy atom. The van der Waals surface area contributed by atoms with Crippen molar-refractivity contribution in [2.24, 2.45) is 5.73 Å². The van der Waals surface area contributed by atoms with Crippen molar-refractivity contribution in [2.45, 2.75) is 83.5 Å². The molecule has 2 atom stereocenters. The van der Waals surface area contributed by atoms with Crippen LogP contribution in [0.4, 0.5) is 0 Å². The van der Waals surface area contributed by atoms with Crippen molar-refractivity contribution in [2.75, 3.05) is 13.7 Å². The van der Waals surface area contributed by atoms with Crippen molar-refractivity contribution in [3.63, 3.8) is 0 Å². The van der Waals surface area contributed by atoms with Crippen LogP contribution in [0.3, 0.4) is 0 Å². The smallest absolute Gasteiger partial charge is 0.353 e. The Hall–Kier alpha value is -1.11. The van der Waals surface area contributed by atoms with Gasteiger partial charge < -0.3 is 30.1 Å². The van der Waals surface area contributed by atoms with E-state index in [1.54, 1.807) is 7.11 Å². The first kappa shape index (κ1) is 25.9. The molecule has 5 N–H and O–H groups in total. The summed E-state index contributed by atoms with van der Waals surface area (Å²) in [7, 11) is -2.91. The largest absolute Gasteiger partial charge is 0.493 e. The van der Waals surface area contributed by atoms with Gasteiger partial charge in [-0.2, -0.15) is 0 Å². The molecule has 0 aliphatic carbocycles. The highest BCUT2D eigenvalue weighted by molar-refractivity contribution is 7.52. The predicted molar refractivity (Wildman–Crippen MR) is 116 cm³/mol. The van der Waals surface area contributed by atoms with E-state index in [1.807, 2.05) is 19.1 Å². The highest BCUT2D eigenvalue weighted by Gasteiger charge is 2.27. The van der Waals surface area contributed by atoms with Crippen LogP contribution in [0.2, 0.25) is 0 Å². The maximum absolute atomic E-state index is 11.0. The topological polar surface area (TPSA) is 122 Å². The molecule has 1 unspecified atom stereocenters. The number of benzene rings is 1. The minimum atomic E-state index is -4.52. The van der Waals surface area contributed by atoms with Gasteiger partial charge in [0, 0.05) is 12.5 Å². The molecule has 0 amide bonds. The fraction of sp³-hybridized carbons (Fsp3) is 0.714. The number of aryl methyl sites for hydroxylation is 2. The number of unbranched alkanes of at least 4 members (excludes halogenated alkanes) is 5. The molecule has 0 radical (unpaired) electrons. The summed E-state index contributed by atoms with van der Waals surface area (Å²) >= 11 is 0. The van der Waals surface area contributed by atoms with Crippen LogP contribution < -0.4 is 15.2 Å². The molecule has 0 spiro atoms. The SMILES string of the molecule is CCCCCCCCOc1c(C)cc(CC[C@H](N)CC(O)P(=O)(O)O)cc1OC. The molecule has 0 aliphatic heterocycles. The molecular weight excluding hydrogens is 393 g/mol. The number of hydrogen-bond acceptors (Lipinski definition) is 5. The number of hydrogen-bond donors (Lipinski definition) is 4. The second kappa shape index (κ2) is 13.2. The molecular formula is C21H38NO6P. The molecule has 1 aromatic rings. The second-order valence-corrected chi connectivity index (χ2v) is 9.44. The van der Waals surface area contributed by atoms with E-state index in [2.05, 4.69) is 6.92 Å². The minimum Gasteiger partial charge on any atom is -0.493 e. The molecule has 29 heavy (non-hydrogen) atoms. The fourth-order valence-corrected chi connectivity index (χ4v) is 3.77. The number of nitrogens with two attached hydrogens (primary N) is 1. The van der Waals surface area contributed by atoms with Gasteiger partial charge in [0.2, 0.25) is 0 Å². The molecule has 0 fully saturated rings. The van der Waals surface area contributed by atoms with Crippen LogP contribution in [0.1, 0.15) is 69.4 Å². The number of aliphatic hydroxyl groups excluding tert-OH is 1. The van der Waals surface area contributed by atoms with Crippen molar-refractivity contribution in [1.29, 1.82) is 0 Å². The summed E-state index contributed by atoms with van der Waals surface area (Å²) in [6.45, 7) is 4.84. The number of methoxy groups -OCH3 is 1. The van der Waals surface area contributed by atoms with E-state index in [1.165, 1.54) is 25.7 Å². The zero-order chi connectivity index (χ0) is 21.9.